The minimum atomic E-state index is -3.59. The summed E-state index contributed by atoms with van der Waals surface area (Å²) in [6, 6.07) is 5.84. The van der Waals surface area contributed by atoms with Gasteiger partial charge in [-0.05, 0) is 30.5 Å². The molecule has 1 atom stereocenters. The third-order valence-electron chi connectivity index (χ3n) is 3.64. The van der Waals surface area contributed by atoms with Gasteiger partial charge in [-0.2, -0.15) is 4.31 Å². The second-order valence-corrected chi connectivity index (χ2v) is 6.88. The fourth-order valence-corrected chi connectivity index (χ4v) is 4.15. The van der Waals surface area contributed by atoms with Gasteiger partial charge in [-0.15, -0.1) is 0 Å². The summed E-state index contributed by atoms with van der Waals surface area (Å²) < 4.78 is 31.0. The standard InChI is InChI=1S/C14H19NO5S/c1-20-14(17)9-11-4-6-13(7-5-11)21(18,19)15-8-2-3-12(15)10-16/h4-7,12,16H,2-3,8-10H2,1H3/t12-/m1/s1. The highest BCUT2D eigenvalue weighted by Crippen LogP contribution is 2.26. The van der Waals surface area contributed by atoms with Gasteiger partial charge in [-0.3, -0.25) is 4.79 Å². The van der Waals surface area contributed by atoms with Gasteiger partial charge < -0.3 is 9.84 Å². The van der Waals surface area contributed by atoms with Crippen LogP contribution in [0.2, 0.25) is 0 Å². The van der Waals surface area contributed by atoms with E-state index in [1.807, 2.05) is 0 Å². The SMILES string of the molecule is COC(=O)Cc1ccc(S(=O)(=O)N2CCC[C@@H]2CO)cc1. The summed E-state index contributed by atoms with van der Waals surface area (Å²) in [6.45, 7) is 0.261. The average molecular weight is 313 g/mol. The Balaban J connectivity index is 2.19. The van der Waals surface area contributed by atoms with Gasteiger partial charge in [0.25, 0.3) is 0 Å². The van der Waals surface area contributed by atoms with Gasteiger partial charge >= 0.3 is 5.97 Å². The number of sulfonamides is 1. The van der Waals surface area contributed by atoms with Crippen molar-refractivity contribution >= 4 is 16.0 Å². The lowest BCUT2D eigenvalue weighted by Crippen LogP contribution is -2.37. The molecule has 1 aliphatic rings. The van der Waals surface area contributed by atoms with Crippen LogP contribution in [0.4, 0.5) is 0 Å². The van der Waals surface area contributed by atoms with E-state index in [9.17, 15) is 18.3 Å². The molecule has 1 saturated heterocycles. The molecule has 1 heterocycles. The first kappa shape index (κ1) is 15.9. The van der Waals surface area contributed by atoms with Crippen molar-refractivity contribution in [2.24, 2.45) is 0 Å². The lowest BCUT2D eigenvalue weighted by Gasteiger charge is -2.22. The van der Waals surface area contributed by atoms with E-state index in [2.05, 4.69) is 4.74 Å². The number of hydrogen-bond acceptors (Lipinski definition) is 5. The van der Waals surface area contributed by atoms with Crippen molar-refractivity contribution in [1.82, 2.24) is 4.31 Å². The van der Waals surface area contributed by atoms with E-state index in [-0.39, 0.29) is 29.9 Å². The Bertz CT molecular complexity index is 596. The first-order valence-corrected chi connectivity index (χ1v) is 8.21. The van der Waals surface area contributed by atoms with Gasteiger partial charge in [0.2, 0.25) is 10.0 Å². The molecule has 0 aliphatic carbocycles. The Morgan fingerprint density at radius 3 is 2.62 bits per heavy atom. The van der Waals surface area contributed by atoms with Crippen molar-refractivity contribution < 1.29 is 23.1 Å². The van der Waals surface area contributed by atoms with Crippen LogP contribution in [-0.4, -0.2) is 50.1 Å². The minimum Gasteiger partial charge on any atom is -0.469 e. The van der Waals surface area contributed by atoms with Crippen molar-refractivity contribution in [3.05, 3.63) is 29.8 Å². The monoisotopic (exact) mass is 313 g/mol. The lowest BCUT2D eigenvalue weighted by molar-refractivity contribution is -0.139. The van der Waals surface area contributed by atoms with Crippen LogP contribution in [0.25, 0.3) is 0 Å². The number of methoxy groups -OCH3 is 1. The number of benzene rings is 1. The molecule has 1 aliphatic heterocycles. The highest BCUT2D eigenvalue weighted by molar-refractivity contribution is 7.89. The maximum Gasteiger partial charge on any atom is 0.309 e. The molecule has 0 saturated carbocycles. The molecular weight excluding hydrogens is 294 g/mol. The zero-order valence-electron chi connectivity index (χ0n) is 11.9. The van der Waals surface area contributed by atoms with E-state index >= 15 is 0 Å². The van der Waals surface area contributed by atoms with Gasteiger partial charge in [0.05, 0.1) is 25.0 Å². The second kappa shape index (κ2) is 6.55. The van der Waals surface area contributed by atoms with Gasteiger partial charge in [0, 0.05) is 12.6 Å². The molecule has 7 heteroatoms. The predicted molar refractivity (Wildman–Crippen MR) is 76.2 cm³/mol. The Morgan fingerprint density at radius 2 is 2.05 bits per heavy atom. The lowest BCUT2D eigenvalue weighted by atomic mass is 10.2. The Labute approximate surface area is 124 Å². The number of carbonyl (C=O) groups is 1. The Hall–Kier alpha value is -1.44. The van der Waals surface area contributed by atoms with Crippen LogP contribution >= 0.6 is 0 Å². The molecular formula is C14H19NO5S. The summed E-state index contributed by atoms with van der Waals surface area (Å²) in [4.78, 5) is 11.4. The van der Waals surface area contributed by atoms with E-state index in [0.29, 0.717) is 18.5 Å². The van der Waals surface area contributed by atoms with Gasteiger partial charge in [-0.25, -0.2) is 8.42 Å². The molecule has 0 radical (unpaired) electrons. The van der Waals surface area contributed by atoms with Crippen LogP contribution in [0.15, 0.2) is 29.2 Å². The summed E-state index contributed by atoms with van der Waals surface area (Å²) >= 11 is 0. The van der Waals surface area contributed by atoms with E-state index in [4.69, 9.17) is 0 Å². The van der Waals surface area contributed by atoms with Gasteiger partial charge in [0.15, 0.2) is 0 Å². The summed E-state index contributed by atoms with van der Waals surface area (Å²) in [5.74, 6) is -0.370. The van der Waals surface area contributed by atoms with Crippen LogP contribution in [0.1, 0.15) is 18.4 Å². The number of aliphatic hydroxyl groups is 1. The molecule has 6 nitrogen and oxygen atoms in total. The molecule has 21 heavy (non-hydrogen) atoms. The predicted octanol–water partition coefficient (Wildman–Crippen LogP) is 0.547. The molecule has 0 aromatic heterocycles. The van der Waals surface area contributed by atoms with Crippen molar-refractivity contribution in [1.29, 1.82) is 0 Å². The number of carbonyl (C=O) groups excluding carboxylic acids is 1. The number of hydrogen-bond donors (Lipinski definition) is 1. The Morgan fingerprint density at radius 1 is 1.38 bits per heavy atom. The van der Waals surface area contributed by atoms with Crippen LogP contribution in [0, 0.1) is 0 Å². The molecule has 2 rings (SSSR count). The van der Waals surface area contributed by atoms with Crippen LogP contribution < -0.4 is 0 Å². The third kappa shape index (κ3) is 3.42. The maximum absolute atomic E-state index is 12.5. The van der Waals surface area contributed by atoms with Crippen LogP contribution in [-0.2, 0) is 26.0 Å². The van der Waals surface area contributed by atoms with E-state index < -0.39 is 10.0 Å². The quantitative estimate of drug-likeness (QED) is 0.803. The maximum atomic E-state index is 12.5. The summed E-state index contributed by atoms with van der Waals surface area (Å²) in [6.07, 6.45) is 1.54. The van der Waals surface area contributed by atoms with Crippen LogP contribution in [0.5, 0.6) is 0 Å². The first-order valence-electron chi connectivity index (χ1n) is 6.77. The number of rotatable bonds is 5. The molecule has 1 N–H and O–H groups in total. The van der Waals surface area contributed by atoms with E-state index in [1.54, 1.807) is 12.1 Å². The number of nitrogens with zero attached hydrogens (tertiary/aromatic N) is 1. The normalized spacial score (nSPS) is 19.6. The molecule has 1 aromatic rings. The zero-order valence-corrected chi connectivity index (χ0v) is 12.7. The second-order valence-electron chi connectivity index (χ2n) is 4.99. The fraction of sp³-hybridized carbons (Fsp3) is 0.500. The molecule has 0 unspecified atom stereocenters. The first-order chi connectivity index (χ1) is 9.98. The number of esters is 1. The van der Waals surface area contributed by atoms with Crippen molar-refractivity contribution in [2.75, 3.05) is 20.3 Å². The smallest absolute Gasteiger partial charge is 0.309 e. The van der Waals surface area contributed by atoms with E-state index in [1.165, 1.54) is 23.5 Å². The number of aliphatic hydroxyl groups excluding tert-OH is 1. The van der Waals surface area contributed by atoms with Gasteiger partial charge in [0.1, 0.15) is 0 Å². The van der Waals surface area contributed by atoms with E-state index in [0.717, 1.165) is 6.42 Å². The highest BCUT2D eigenvalue weighted by Gasteiger charge is 2.34. The average Bonchev–Trinajstić information content (AvgIpc) is 2.97. The highest BCUT2D eigenvalue weighted by atomic mass is 32.2. The zero-order chi connectivity index (χ0) is 15.5. The third-order valence-corrected chi connectivity index (χ3v) is 5.61. The minimum absolute atomic E-state index is 0.111. The molecule has 0 spiro atoms. The Kier molecular flexibility index (Phi) is 4.97. The van der Waals surface area contributed by atoms with Gasteiger partial charge in [-0.1, -0.05) is 12.1 Å². The number of ether oxygens (including phenoxy) is 1. The molecule has 0 amide bonds. The van der Waals surface area contributed by atoms with Crippen molar-refractivity contribution in [3.63, 3.8) is 0 Å². The molecule has 0 bridgehead atoms. The van der Waals surface area contributed by atoms with Crippen molar-refractivity contribution in [3.8, 4) is 0 Å². The molecule has 1 fully saturated rings. The molecule has 116 valence electrons. The summed E-state index contributed by atoms with van der Waals surface area (Å²) in [5.41, 5.74) is 0.695. The van der Waals surface area contributed by atoms with Crippen molar-refractivity contribution in [2.45, 2.75) is 30.2 Å². The fourth-order valence-electron chi connectivity index (χ4n) is 2.46. The molecule has 1 aromatic carbocycles. The topological polar surface area (TPSA) is 83.9 Å². The van der Waals surface area contributed by atoms with Crippen LogP contribution in [0.3, 0.4) is 0 Å². The summed E-state index contributed by atoms with van der Waals surface area (Å²) in [7, 11) is -2.28. The largest absolute Gasteiger partial charge is 0.469 e. The summed E-state index contributed by atoms with van der Waals surface area (Å²) in [5, 5.41) is 9.26.